The summed E-state index contributed by atoms with van der Waals surface area (Å²) in [6.45, 7) is 6.45. The van der Waals surface area contributed by atoms with Gasteiger partial charge in [0.25, 0.3) is 0 Å². The van der Waals surface area contributed by atoms with Crippen LogP contribution < -0.4 is 5.32 Å². The van der Waals surface area contributed by atoms with E-state index in [0.717, 1.165) is 16.6 Å². The minimum absolute atomic E-state index is 0.0453. The van der Waals surface area contributed by atoms with Crippen LogP contribution in [-0.2, 0) is 11.3 Å². The fraction of sp³-hybridized carbons (Fsp3) is 0.263. The van der Waals surface area contributed by atoms with E-state index in [2.05, 4.69) is 42.3 Å². The second-order valence-electron chi connectivity index (χ2n) is 5.91. The first-order chi connectivity index (χ1) is 12.0. The normalized spacial score (nSPS) is 12.1. The van der Waals surface area contributed by atoms with Crippen LogP contribution in [0.3, 0.4) is 0 Å². The number of nitrogens with one attached hydrogen (secondary N) is 1. The maximum absolute atomic E-state index is 12.3. The molecule has 0 spiro atoms. The number of imidazole rings is 1. The molecule has 0 radical (unpaired) electrons. The van der Waals surface area contributed by atoms with Crippen LogP contribution in [0.1, 0.15) is 23.8 Å². The smallest absolute Gasteiger partial charge is 0.233 e. The third-order valence-corrected chi connectivity index (χ3v) is 5.12. The van der Waals surface area contributed by atoms with Crippen LogP contribution in [0.2, 0.25) is 0 Å². The van der Waals surface area contributed by atoms with Gasteiger partial charge >= 0.3 is 0 Å². The van der Waals surface area contributed by atoms with Crippen molar-refractivity contribution in [2.24, 2.45) is 0 Å². The van der Waals surface area contributed by atoms with Crippen molar-refractivity contribution < 1.29 is 9.21 Å². The van der Waals surface area contributed by atoms with E-state index in [0.29, 0.717) is 6.54 Å². The fourth-order valence-electron chi connectivity index (χ4n) is 2.39. The number of hydrogen-bond acceptors (Lipinski definition) is 4. The van der Waals surface area contributed by atoms with Gasteiger partial charge in [-0.15, -0.1) is 0 Å². The third-order valence-electron chi connectivity index (χ3n) is 4.04. The van der Waals surface area contributed by atoms with Gasteiger partial charge in [-0.05, 0) is 56.2 Å². The molecule has 0 aliphatic heterocycles. The van der Waals surface area contributed by atoms with E-state index in [1.54, 1.807) is 18.5 Å². The molecule has 0 bridgehead atoms. The van der Waals surface area contributed by atoms with Gasteiger partial charge < -0.3 is 9.73 Å². The zero-order valence-corrected chi connectivity index (χ0v) is 15.3. The van der Waals surface area contributed by atoms with Gasteiger partial charge in [0.2, 0.25) is 5.91 Å². The van der Waals surface area contributed by atoms with E-state index in [9.17, 15) is 4.79 Å². The van der Waals surface area contributed by atoms with E-state index < -0.39 is 0 Å². The van der Waals surface area contributed by atoms with E-state index in [1.165, 1.54) is 22.9 Å². The number of nitrogens with zero attached hydrogens (tertiary/aromatic N) is 2. The molecule has 0 fully saturated rings. The molecule has 2 aromatic heterocycles. The third kappa shape index (κ3) is 4.14. The maximum Gasteiger partial charge on any atom is 0.233 e. The lowest BCUT2D eigenvalue weighted by Crippen LogP contribution is -2.30. The predicted molar refractivity (Wildman–Crippen MR) is 98.9 cm³/mol. The highest BCUT2D eigenvalue weighted by Gasteiger charge is 2.18. The summed E-state index contributed by atoms with van der Waals surface area (Å²) in [6.07, 6.45) is 5.27. The van der Waals surface area contributed by atoms with E-state index in [4.69, 9.17) is 4.42 Å². The highest BCUT2D eigenvalue weighted by Crippen LogP contribution is 2.25. The van der Waals surface area contributed by atoms with Gasteiger partial charge in [0.15, 0.2) is 5.16 Å². The van der Waals surface area contributed by atoms with Crippen molar-refractivity contribution in [2.45, 2.75) is 37.7 Å². The molecule has 0 saturated carbocycles. The average Bonchev–Trinajstić information content (AvgIpc) is 3.27. The van der Waals surface area contributed by atoms with Crippen molar-refractivity contribution in [3.8, 4) is 5.69 Å². The Kier molecular flexibility index (Phi) is 5.28. The molecule has 130 valence electrons. The SMILES string of the molecule is Cc1ccc(-n2ccnc2S[C@@H](C)C(=O)NCc2ccco2)cc1C. The summed E-state index contributed by atoms with van der Waals surface area (Å²) in [5.41, 5.74) is 3.53. The molecule has 5 nitrogen and oxygen atoms in total. The van der Waals surface area contributed by atoms with E-state index >= 15 is 0 Å². The Labute approximate surface area is 151 Å². The zero-order chi connectivity index (χ0) is 17.8. The lowest BCUT2D eigenvalue weighted by atomic mass is 10.1. The lowest BCUT2D eigenvalue weighted by Gasteiger charge is -2.13. The summed E-state index contributed by atoms with van der Waals surface area (Å²) < 4.78 is 7.24. The minimum atomic E-state index is -0.261. The number of thioether (sulfide) groups is 1. The van der Waals surface area contributed by atoms with Gasteiger partial charge in [-0.25, -0.2) is 4.98 Å². The first-order valence-corrected chi connectivity index (χ1v) is 9.00. The second-order valence-corrected chi connectivity index (χ2v) is 7.21. The Bertz CT molecular complexity index is 855. The number of amides is 1. The number of hydrogen-bond donors (Lipinski definition) is 1. The molecule has 0 aliphatic rings. The van der Waals surface area contributed by atoms with E-state index in [1.807, 2.05) is 23.8 Å². The van der Waals surface area contributed by atoms with Gasteiger partial charge in [0.1, 0.15) is 5.76 Å². The summed E-state index contributed by atoms with van der Waals surface area (Å²) >= 11 is 1.44. The molecule has 3 rings (SSSR count). The lowest BCUT2D eigenvalue weighted by molar-refractivity contribution is -0.120. The highest BCUT2D eigenvalue weighted by atomic mass is 32.2. The topological polar surface area (TPSA) is 60.1 Å². The number of rotatable bonds is 6. The molecule has 2 heterocycles. The van der Waals surface area contributed by atoms with Gasteiger partial charge in [0.05, 0.1) is 18.1 Å². The molecule has 1 aromatic carbocycles. The number of benzene rings is 1. The molecule has 0 unspecified atom stereocenters. The Balaban J connectivity index is 1.67. The van der Waals surface area contributed by atoms with Gasteiger partial charge in [0, 0.05) is 18.1 Å². The Morgan fingerprint density at radius 1 is 1.32 bits per heavy atom. The molecule has 6 heteroatoms. The summed E-state index contributed by atoms with van der Waals surface area (Å²) in [6, 6.07) is 9.93. The molecule has 0 aliphatic carbocycles. The number of carbonyl (C=O) groups is 1. The Morgan fingerprint density at radius 3 is 2.88 bits per heavy atom. The minimum Gasteiger partial charge on any atom is -0.467 e. The molecular formula is C19H21N3O2S. The second kappa shape index (κ2) is 7.61. The van der Waals surface area contributed by atoms with Crippen LogP contribution in [0.5, 0.6) is 0 Å². The van der Waals surface area contributed by atoms with Crippen LogP contribution >= 0.6 is 11.8 Å². The van der Waals surface area contributed by atoms with Crippen LogP contribution in [0, 0.1) is 13.8 Å². The van der Waals surface area contributed by atoms with Crippen LogP contribution in [0.4, 0.5) is 0 Å². The van der Waals surface area contributed by atoms with E-state index in [-0.39, 0.29) is 11.2 Å². The zero-order valence-electron chi connectivity index (χ0n) is 14.5. The summed E-state index contributed by atoms with van der Waals surface area (Å²) in [7, 11) is 0. The number of carbonyl (C=O) groups excluding carboxylic acids is 1. The molecule has 3 aromatic rings. The van der Waals surface area contributed by atoms with Crippen molar-refractivity contribution in [2.75, 3.05) is 0 Å². The van der Waals surface area contributed by atoms with Crippen molar-refractivity contribution in [3.63, 3.8) is 0 Å². The predicted octanol–water partition coefficient (Wildman–Crippen LogP) is 3.88. The number of aryl methyl sites for hydroxylation is 2. The summed E-state index contributed by atoms with van der Waals surface area (Å²) in [4.78, 5) is 16.7. The molecule has 0 saturated heterocycles. The fourth-order valence-corrected chi connectivity index (χ4v) is 3.30. The van der Waals surface area contributed by atoms with Crippen LogP contribution in [0.25, 0.3) is 5.69 Å². The van der Waals surface area contributed by atoms with Crippen molar-refractivity contribution in [1.82, 2.24) is 14.9 Å². The molecule has 1 N–H and O–H groups in total. The molecular weight excluding hydrogens is 334 g/mol. The van der Waals surface area contributed by atoms with Gasteiger partial charge in [-0.3, -0.25) is 9.36 Å². The van der Waals surface area contributed by atoms with Crippen LogP contribution in [-0.4, -0.2) is 20.7 Å². The van der Waals surface area contributed by atoms with Gasteiger partial charge in [-0.1, -0.05) is 17.8 Å². The van der Waals surface area contributed by atoms with Gasteiger partial charge in [-0.2, -0.15) is 0 Å². The Morgan fingerprint density at radius 2 is 2.16 bits per heavy atom. The monoisotopic (exact) mass is 355 g/mol. The Hall–Kier alpha value is -2.47. The van der Waals surface area contributed by atoms with Crippen LogP contribution in [0.15, 0.2) is 58.6 Å². The largest absolute Gasteiger partial charge is 0.467 e. The highest BCUT2D eigenvalue weighted by molar-refractivity contribution is 8.00. The quantitative estimate of drug-likeness (QED) is 0.682. The summed E-state index contributed by atoms with van der Waals surface area (Å²) in [5, 5.41) is 3.42. The van der Waals surface area contributed by atoms with Crippen molar-refractivity contribution in [3.05, 3.63) is 65.9 Å². The van der Waals surface area contributed by atoms with Crippen molar-refractivity contribution >= 4 is 17.7 Å². The average molecular weight is 355 g/mol. The maximum atomic E-state index is 12.3. The summed E-state index contributed by atoms with van der Waals surface area (Å²) in [5.74, 6) is 0.693. The van der Waals surface area contributed by atoms with Crippen molar-refractivity contribution in [1.29, 1.82) is 0 Å². The number of aromatic nitrogens is 2. The molecule has 1 atom stereocenters. The molecule has 1 amide bonds. The molecule has 25 heavy (non-hydrogen) atoms. The first-order valence-electron chi connectivity index (χ1n) is 8.12. The first kappa shape index (κ1) is 17.4. The number of furan rings is 1. The standard InChI is InChI=1S/C19H21N3O2S/c1-13-6-7-16(11-14(13)2)22-9-8-20-19(22)25-15(3)18(23)21-12-17-5-4-10-24-17/h4-11,15H,12H2,1-3H3,(H,21,23)/t15-/m0/s1.